The van der Waals surface area contributed by atoms with Crippen molar-refractivity contribution in [2.75, 3.05) is 23.3 Å². The molecule has 0 spiro atoms. The van der Waals surface area contributed by atoms with Crippen LogP contribution in [0.4, 0.5) is 11.8 Å². The fraction of sp³-hybridized carbons (Fsp3) is 0.368. The summed E-state index contributed by atoms with van der Waals surface area (Å²) < 4.78 is 1.66. The largest absolute Gasteiger partial charge is 0.367 e. The molecule has 26 heavy (non-hydrogen) atoms. The number of hydrogen-bond acceptors (Lipinski definition) is 6. The molecule has 134 valence electrons. The Morgan fingerprint density at radius 1 is 1.15 bits per heavy atom. The second-order valence-electron chi connectivity index (χ2n) is 6.74. The van der Waals surface area contributed by atoms with Gasteiger partial charge in [0.1, 0.15) is 12.1 Å². The lowest BCUT2D eigenvalue weighted by atomic mass is 10.1. The smallest absolute Gasteiger partial charge is 0.262 e. The van der Waals surface area contributed by atoms with Crippen molar-refractivity contribution < 1.29 is 0 Å². The summed E-state index contributed by atoms with van der Waals surface area (Å²) in [5.41, 5.74) is 1.71. The molecule has 7 nitrogen and oxygen atoms in total. The first-order chi connectivity index (χ1) is 12.6. The zero-order valence-corrected chi connectivity index (χ0v) is 15.0. The highest BCUT2D eigenvalue weighted by atomic mass is 16.1. The normalized spacial score (nSPS) is 15.4. The van der Waals surface area contributed by atoms with Gasteiger partial charge in [0, 0.05) is 37.9 Å². The number of para-hydroxylation sites is 1. The number of benzene rings is 1. The SMILES string of the molecule is Cc1cc(NC2CCN(c3nc4ccccc4c(=O)n3C)CC2)ncn1. The highest BCUT2D eigenvalue weighted by Crippen LogP contribution is 2.21. The molecule has 2 aromatic heterocycles. The number of nitrogens with one attached hydrogen (secondary N) is 1. The Labute approximate surface area is 151 Å². The average molecular weight is 350 g/mol. The Bertz CT molecular complexity index is 991. The molecule has 4 rings (SSSR count). The number of anilines is 2. The van der Waals surface area contributed by atoms with E-state index in [1.165, 1.54) is 0 Å². The number of aromatic nitrogens is 4. The summed E-state index contributed by atoms with van der Waals surface area (Å²) in [5.74, 6) is 1.61. The van der Waals surface area contributed by atoms with Crippen LogP contribution in [0, 0.1) is 6.92 Å². The van der Waals surface area contributed by atoms with Crippen LogP contribution in [0.25, 0.3) is 10.9 Å². The average Bonchev–Trinajstić information content (AvgIpc) is 2.65. The predicted molar refractivity (Wildman–Crippen MR) is 103 cm³/mol. The van der Waals surface area contributed by atoms with E-state index in [4.69, 9.17) is 4.98 Å². The van der Waals surface area contributed by atoms with Crippen LogP contribution in [0.3, 0.4) is 0 Å². The van der Waals surface area contributed by atoms with Crippen molar-refractivity contribution in [3.8, 4) is 0 Å². The van der Waals surface area contributed by atoms with Gasteiger partial charge in [-0.1, -0.05) is 12.1 Å². The first kappa shape index (κ1) is 16.5. The lowest BCUT2D eigenvalue weighted by Gasteiger charge is -2.34. The van der Waals surface area contributed by atoms with Gasteiger partial charge in [-0.25, -0.2) is 15.0 Å². The zero-order chi connectivity index (χ0) is 18.1. The molecular weight excluding hydrogens is 328 g/mol. The highest BCUT2D eigenvalue weighted by molar-refractivity contribution is 5.78. The number of fused-ring (bicyclic) bond motifs is 1. The van der Waals surface area contributed by atoms with Crippen molar-refractivity contribution in [1.82, 2.24) is 19.5 Å². The maximum atomic E-state index is 12.6. The second-order valence-corrected chi connectivity index (χ2v) is 6.74. The standard InChI is InChI=1S/C19H22N6O/c1-13-11-17(21-12-20-13)22-14-7-9-25(10-8-14)19-23-16-6-4-3-5-15(16)18(26)24(19)2/h3-6,11-12,14H,7-10H2,1-2H3,(H,20,21,22). The predicted octanol–water partition coefficient (Wildman–Crippen LogP) is 2.11. The van der Waals surface area contributed by atoms with Crippen LogP contribution in [-0.2, 0) is 7.05 Å². The molecule has 1 aromatic carbocycles. The third-order valence-corrected chi connectivity index (χ3v) is 4.89. The minimum absolute atomic E-state index is 0.00214. The molecule has 1 aliphatic heterocycles. The van der Waals surface area contributed by atoms with Gasteiger partial charge in [-0.3, -0.25) is 9.36 Å². The lowest BCUT2D eigenvalue weighted by molar-refractivity contribution is 0.512. The maximum absolute atomic E-state index is 12.6. The molecule has 3 aromatic rings. The summed E-state index contributed by atoms with van der Waals surface area (Å²) >= 11 is 0. The Morgan fingerprint density at radius 3 is 2.69 bits per heavy atom. The van der Waals surface area contributed by atoms with Gasteiger partial charge in [0.2, 0.25) is 5.95 Å². The molecule has 1 aliphatic rings. The van der Waals surface area contributed by atoms with Crippen LogP contribution in [0.2, 0.25) is 0 Å². The van der Waals surface area contributed by atoms with E-state index in [-0.39, 0.29) is 5.56 Å². The van der Waals surface area contributed by atoms with Crippen LogP contribution in [0.1, 0.15) is 18.5 Å². The van der Waals surface area contributed by atoms with Crippen molar-refractivity contribution in [3.63, 3.8) is 0 Å². The first-order valence-corrected chi connectivity index (χ1v) is 8.88. The van der Waals surface area contributed by atoms with E-state index >= 15 is 0 Å². The van der Waals surface area contributed by atoms with Crippen molar-refractivity contribution >= 4 is 22.7 Å². The molecule has 3 heterocycles. The summed E-state index contributed by atoms with van der Waals surface area (Å²) in [6, 6.07) is 9.83. The summed E-state index contributed by atoms with van der Waals surface area (Å²) in [6.07, 6.45) is 3.51. The summed E-state index contributed by atoms with van der Waals surface area (Å²) in [5, 5.41) is 4.14. The summed E-state index contributed by atoms with van der Waals surface area (Å²) in [7, 11) is 1.80. The number of aryl methyl sites for hydroxylation is 1. The van der Waals surface area contributed by atoms with Crippen LogP contribution < -0.4 is 15.8 Å². The van der Waals surface area contributed by atoms with E-state index in [0.29, 0.717) is 11.4 Å². The molecule has 1 saturated heterocycles. The topological polar surface area (TPSA) is 75.9 Å². The van der Waals surface area contributed by atoms with E-state index in [9.17, 15) is 4.79 Å². The summed E-state index contributed by atoms with van der Waals surface area (Å²) in [4.78, 5) is 27.9. The van der Waals surface area contributed by atoms with E-state index in [2.05, 4.69) is 20.2 Å². The minimum Gasteiger partial charge on any atom is -0.367 e. The van der Waals surface area contributed by atoms with Gasteiger partial charge in [-0.2, -0.15) is 0 Å². The van der Waals surface area contributed by atoms with Gasteiger partial charge in [0.25, 0.3) is 5.56 Å². The molecular formula is C19H22N6O. The number of hydrogen-bond donors (Lipinski definition) is 1. The Hall–Kier alpha value is -2.96. The van der Waals surface area contributed by atoms with Gasteiger partial charge < -0.3 is 10.2 Å². The fourth-order valence-electron chi connectivity index (χ4n) is 3.46. The van der Waals surface area contributed by atoms with Crippen LogP contribution in [0.5, 0.6) is 0 Å². The van der Waals surface area contributed by atoms with E-state index < -0.39 is 0 Å². The Kier molecular flexibility index (Phi) is 4.28. The molecule has 1 N–H and O–H groups in total. The highest BCUT2D eigenvalue weighted by Gasteiger charge is 2.22. The molecule has 0 radical (unpaired) electrons. The number of rotatable bonds is 3. The molecule has 7 heteroatoms. The molecule has 0 unspecified atom stereocenters. The maximum Gasteiger partial charge on any atom is 0.262 e. The molecule has 0 aliphatic carbocycles. The Morgan fingerprint density at radius 2 is 1.92 bits per heavy atom. The van der Waals surface area contributed by atoms with Crippen LogP contribution in [-0.4, -0.2) is 38.7 Å². The van der Waals surface area contributed by atoms with Gasteiger partial charge >= 0.3 is 0 Å². The van der Waals surface area contributed by atoms with Crippen molar-refractivity contribution in [3.05, 3.63) is 52.7 Å². The van der Waals surface area contributed by atoms with Gasteiger partial charge in [-0.05, 0) is 31.9 Å². The lowest BCUT2D eigenvalue weighted by Crippen LogP contribution is -2.42. The van der Waals surface area contributed by atoms with Crippen LogP contribution in [0.15, 0.2) is 41.5 Å². The monoisotopic (exact) mass is 350 g/mol. The van der Waals surface area contributed by atoms with Crippen molar-refractivity contribution in [2.24, 2.45) is 7.05 Å². The fourth-order valence-corrected chi connectivity index (χ4v) is 3.46. The number of nitrogens with zero attached hydrogens (tertiary/aromatic N) is 5. The minimum atomic E-state index is 0.00214. The third kappa shape index (κ3) is 3.12. The van der Waals surface area contributed by atoms with E-state index in [1.54, 1.807) is 17.9 Å². The van der Waals surface area contributed by atoms with Crippen LogP contribution >= 0.6 is 0 Å². The van der Waals surface area contributed by atoms with Crippen molar-refractivity contribution in [2.45, 2.75) is 25.8 Å². The molecule has 0 bridgehead atoms. The van der Waals surface area contributed by atoms with Gasteiger partial charge in [0.15, 0.2) is 0 Å². The number of piperidine rings is 1. The molecule has 0 atom stereocenters. The molecule has 0 amide bonds. The van der Waals surface area contributed by atoms with E-state index in [0.717, 1.165) is 48.9 Å². The zero-order valence-electron chi connectivity index (χ0n) is 15.0. The molecule has 0 saturated carbocycles. The summed E-state index contributed by atoms with van der Waals surface area (Å²) in [6.45, 7) is 3.65. The Balaban J connectivity index is 1.50. The first-order valence-electron chi connectivity index (χ1n) is 8.88. The van der Waals surface area contributed by atoms with Gasteiger partial charge in [-0.15, -0.1) is 0 Å². The van der Waals surface area contributed by atoms with Gasteiger partial charge in [0.05, 0.1) is 10.9 Å². The molecule has 1 fully saturated rings. The van der Waals surface area contributed by atoms with E-state index in [1.807, 2.05) is 37.3 Å². The van der Waals surface area contributed by atoms with Crippen molar-refractivity contribution in [1.29, 1.82) is 0 Å². The third-order valence-electron chi connectivity index (χ3n) is 4.89. The quantitative estimate of drug-likeness (QED) is 0.780. The second kappa shape index (κ2) is 6.74.